The van der Waals surface area contributed by atoms with Crippen LogP contribution in [0.15, 0.2) is 72.8 Å². The second-order valence-electron chi connectivity index (χ2n) is 9.02. The molecular weight excluding hydrogens is 444 g/mol. The largest absolute Gasteiger partial charge is 0.478 e. The number of amides is 2. The summed E-state index contributed by atoms with van der Waals surface area (Å²) in [6, 6.07) is 22.5. The molecule has 0 saturated heterocycles. The van der Waals surface area contributed by atoms with E-state index in [4.69, 9.17) is 4.74 Å². The summed E-state index contributed by atoms with van der Waals surface area (Å²) >= 11 is 0. The number of carbonyl (C=O) groups is 3. The number of benzene rings is 3. The van der Waals surface area contributed by atoms with Gasteiger partial charge in [-0.1, -0.05) is 60.7 Å². The summed E-state index contributed by atoms with van der Waals surface area (Å²) in [5.74, 6) is -1.65. The van der Waals surface area contributed by atoms with Gasteiger partial charge in [-0.25, -0.2) is 9.59 Å². The first kappa shape index (κ1) is 22.7. The fraction of sp³-hybridized carbons (Fsp3) is 0.250. The quantitative estimate of drug-likeness (QED) is 0.469. The van der Waals surface area contributed by atoms with Gasteiger partial charge in [-0.05, 0) is 53.6 Å². The van der Waals surface area contributed by atoms with Crippen LogP contribution in [0.25, 0.3) is 11.1 Å². The minimum absolute atomic E-state index is 0.00967. The third-order valence-electron chi connectivity index (χ3n) is 6.88. The molecular formula is C28H26N2O5. The third-order valence-corrected chi connectivity index (χ3v) is 6.88. The van der Waals surface area contributed by atoms with Crippen LogP contribution in [-0.2, 0) is 9.53 Å². The molecule has 0 aromatic heterocycles. The molecule has 3 aromatic carbocycles. The monoisotopic (exact) mass is 470 g/mol. The van der Waals surface area contributed by atoms with Gasteiger partial charge < -0.3 is 20.5 Å². The molecule has 178 valence electrons. The average Bonchev–Trinajstić information content (AvgIpc) is 3.46. The number of carboxylic acid groups (broad SMARTS) is 1. The van der Waals surface area contributed by atoms with Crippen molar-refractivity contribution >= 4 is 23.7 Å². The number of anilines is 1. The maximum absolute atomic E-state index is 12.7. The van der Waals surface area contributed by atoms with Crippen molar-refractivity contribution in [3.05, 3.63) is 89.5 Å². The minimum Gasteiger partial charge on any atom is -0.478 e. The number of nitrogens with one attached hydrogen (secondary N) is 2. The van der Waals surface area contributed by atoms with Gasteiger partial charge in [-0.15, -0.1) is 0 Å². The Labute approximate surface area is 203 Å². The molecule has 0 unspecified atom stereocenters. The maximum Gasteiger partial charge on any atom is 0.407 e. The van der Waals surface area contributed by atoms with Crippen LogP contribution in [0.1, 0.15) is 46.7 Å². The lowest BCUT2D eigenvalue weighted by molar-refractivity contribution is -0.119. The Kier molecular flexibility index (Phi) is 6.23. The number of hydrogen-bond acceptors (Lipinski definition) is 4. The van der Waals surface area contributed by atoms with Gasteiger partial charge in [-0.2, -0.15) is 0 Å². The van der Waals surface area contributed by atoms with Crippen molar-refractivity contribution in [2.75, 3.05) is 11.9 Å². The summed E-state index contributed by atoms with van der Waals surface area (Å²) in [5, 5.41) is 14.9. The van der Waals surface area contributed by atoms with E-state index >= 15 is 0 Å². The van der Waals surface area contributed by atoms with Gasteiger partial charge in [0.1, 0.15) is 6.61 Å². The first-order valence-electron chi connectivity index (χ1n) is 11.8. The summed E-state index contributed by atoms with van der Waals surface area (Å²) < 4.78 is 5.62. The summed E-state index contributed by atoms with van der Waals surface area (Å²) in [6.07, 6.45) is 1.25. The third kappa shape index (κ3) is 4.62. The van der Waals surface area contributed by atoms with Crippen LogP contribution in [0.4, 0.5) is 10.5 Å². The average molecular weight is 471 g/mol. The lowest BCUT2D eigenvalue weighted by Crippen LogP contribution is -2.35. The van der Waals surface area contributed by atoms with Gasteiger partial charge in [0.25, 0.3) is 0 Å². The highest BCUT2D eigenvalue weighted by molar-refractivity contribution is 6.01. The van der Waals surface area contributed by atoms with Gasteiger partial charge in [0.2, 0.25) is 5.91 Å². The van der Waals surface area contributed by atoms with E-state index in [9.17, 15) is 19.5 Å². The van der Waals surface area contributed by atoms with Gasteiger partial charge in [0, 0.05) is 17.9 Å². The molecule has 0 heterocycles. The van der Waals surface area contributed by atoms with E-state index in [1.165, 1.54) is 17.2 Å². The first-order chi connectivity index (χ1) is 17.0. The molecule has 0 aliphatic heterocycles. The molecule has 0 radical (unpaired) electrons. The Hall–Kier alpha value is -4.13. The zero-order valence-corrected chi connectivity index (χ0v) is 19.1. The molecule has 2 amide bonds. The Balaban J connectivity index is 1.15. The van der Waals surface area contributed by atoms with Crippen LogP contribution in [0, 0.1) is 5.92 Å². The normalized spacial score (nSPS) is 18.4. The van der Waals surface area contributed by atoms with Crippen molar-refractivity contribution in [2.24, 2.45) is 5.92 Å². The molecule has 1 fully saturated rings. The van der Waals surface area contributed by atoms with E-state index in [2.05, 4.69) is 34.9 Å². The van der Waals surface area contributed by atoms with Crippen molar-refractivity contribution in [3.8, 4) is 11.1 Å². The number of carbonyl (C=O) groups excluding carboxylic acids is 2. The highest BCUT2D eigenvalue weighted by Crippen LogP contribution is 2.44. The summed E-state index contributed by atoms with van der Waals surface area (Å²) in [4.78, 5) is 36.7. The Morgan fingerprint density at radius 1 is 0.857 bits per heavy atom. The molecule has 1 saturated carbocycles. The van der Waals surface area contributed by atoms with Crippen LogP contribution in [0.3, 0.4) is 0 Å². The highest BCUT2D eigenvalue weighted by atomic mass is 16.5. The SMILES string of the molecule is O=C(N[C@H]1CC[C@@H](C(=O)Nc2ccccc2C(=O)O)C1)OCC1c2ccccc2-c2ccccc21. The second-order valence-corrected chi connectivity index (χ2v) is 9.02. The molecule has 0 bridgehead atoms. The fourth-order valence-corrected chi connectivity index (χ4v) is 5.17. The van der Waals surface area contributed by atoms with Gasteiger partial charge >= 0.3 is 12.1 Å². The van der Waals surface area contributed by atoms with Gasteiger partial charge in [-0.3, -0.25) is 4.79 Å². The zero-order chi connectivity index (χ0) is 24.4. The predicted octanol–water partition coefficient (Wildman–Crippen LogP) is 5.03. The smallest absolute Gasteiger partial charge is 0.407 e. The molecule has 7 nitrogen and oxygen atoms in total. The number of carboxylic acids is 1. The minimum atomic E-state index is -1.10. The van der Waals surface area contributed by atoms with Crippen LogP contribution >= 0.6 is 0 Å². The van der Waals surface area contributed by atoms with E-state index in [0.29, 0.717) is 19.3 Å². The second kappa shape index (κ2) is 9.62. The lowest BCUT2D eigenvalue weighted by atomic mass is 9.98. The van der Waals surface area contributed by atoms with Crippen LogP contribution in [0.5, 0.6) is 0 Å². The number of fused-ring (bicyclic) bond motifs is 3. The van der Waals surface area contributed by atoms with E-state index in [1.54, 1.807) is 18.2 Å². The predicted molar refractivity (Wildman–Crippen MR) is 131 cm³/mol. The fourth-order valence-electron chi connectivity index (χ4n) is 5.17. The molecule has 5 rings (SSSR count). The molecule has 3 N–H and O–H groups in total. The number of aromatic carboxylic acids is 1. The van der Waals surface area contributed by atoms with Crippen LogP contribution in [0.2, 0.25) is 0 Å². The summed E-state index contributed by atoms with van der Waals surface area (Å²) in [7, 11) is 0. The number of para-hydroxylation sites is 1. The number of alkyl carbamates (subject to hydrolysis) is 1. The molecule has 2 aliphatic carbocycles. The number of ether oxygens (including phenoxy) is 1. The molecule has 7 heteroatoms. The highest BCUT2D eigenvalue weighted by Gasteiger charge is 2.33. The maximum atomic E-state index is 12.7. The van der Waals surface area contributed by atoms with E-state index in [1.807, 2.05) is 24.3 Å². The number of rotatable bonds is 6. The van der Waals surface area contributed by atoms with Gasteiger partial charge in [0.05, 0.1) is 11.3 Å². The Morgan fingerprint density at radius 2 is 1.49 bits per heavy atom. The molecule has 3 aromatic rings. The summed E-state index contributed by atoms with van der Waals surface area (Å²) in [5.41, 5.74) is 4.98. The van der Waals surface area contributed by atoms with Crippen molar-refractivity contribution in [1.82, 2.24) is 5.32 Å². The Bertz CT molecular complexity index is 1240. The molecule has 35 heavy (non-hydrogen) atoms. The van der Waals surface area contributed by atoms with Gasteiger partial charge in [0.15, 0.2) is 0 Å². The Morgan fingerprint density at radius 3 is 2.17 bits per heavy atom. The molecule has 2 atom stereocenters. The standard InChI is InChI=1S/C28H26N2O5/c31-26(30-25-12-6-5-11-23(25)27(32)33)17-13-14-18(15-17)29-28(34)35-16-24-21-9-3-1-7-19(21)20-8-2-4-10-22(20)24/h1-12,17-18,24H,13-16H2,(H,29,34)(H,30,31)(H,32,33)/t17-,18+/m1/s1. The topological polar surface area (TPSA) is 105 Å². The van der Waals surface area contributed by atoms with Crippen molar-refractivity contribution in [2.45, 2.75) is 31.2 Å². The number of hydrogen-bond donors (Lipinski definition) is 3. The summed E-state index contributed by atoms with van der Waals surface area (Å²) in [6.45, 7) is 0.239. The molecule has 0 spiro atoms. The van der Waals surface area contributed by atoms with Crippen molar-refractivity contribution in [1.29, 1.82) is 0 Å². The first-order valence-corrected chi connectivity index (χ1v) is 11.8. The zero-order valence-electron chi connectivity index (χ0n) is 19.1. The van der Waals surface area contributed by atoms with Crippen LogP contribution in [-0.4, -0.2) is 35.7 Å². The van der Waals surface area contributed by atoms with Crippen LogP contribution < -0.4 is 10.6 Å². The van der Waals surface area contributed by atoms with Crippen molar-refractivity contribution in [3.63, 3.8) is 0 Å². The van der Waals surface area contributed by atoms with E-state index < -0.39 is 12.1 Å². The molecule has 2 aliphatic rings. The van der Waals surface area contributed by atoms with E-state index in [-0.39, 0.29) is 41.6 Å². The van der Waals surface area contributed by atoms with E-state index in [0.717, 1.165) is 11.1 Å². The lowest BCUT2D eigenvalue weighted by Gasteiger charge is -2.17. The van der Waals surface area contributed by atoms with Crippen molar-refractivity contribution < 1.29 is 24.2 Å².